The van der Waals surface area contributed by atoms with E-state index in [1.54, 1.807) is 6.08 Å². The molecule has 0 amide bonds. The van der Waals surface area contributed by atoms with Crippen molar-refractivity contribution in [3.63, 3.8) is 0 Å². The Labute approximate surface area is 77.9 Å². The largest absolute Gasteiger partial charge is 0.508 e. The minimum Gasteiger partial charge on any atom is -0.508 e. The third-order valence-corrected chi connectivity index (χ3v) is 2.10. The molecule has 0 aromatic rings. The molecule has 0 saturated heterocycles. The van der Waals surface area contributed by atoms with E-state index in [1.165, 1.54) is 6.08 Å². The van der Waals surface area contributed by atoms with Crippen molar-refractivity contribution in [1.29, 1.82) is 0 Å². The second-order valence-electron chi connectivity index (χ2n) is 3.33. The number of carbonyl (C=O) groups excluding carboxylic acids is 1. The smallest absolute Gasteiger partial charge is 0.163 e. The number of aliphatic hydroxyl groups is 1. The molecular formula is C10H15NO2. The topological polar surface area (TPSA) is 63.3 Å². The Balaban J connectivity index is 2.70. The third-order valence-electron chi connectivity index (χ3n) is 2.10. The molecule has 0 bridgehead atoms. The van der Waals surface area contributed by atoms with Gasteiger partial charge in [0.2, 0.25) is 0 Å². The van der Waals surface area contributed by atoms with Crippen molar-refractivity contribution in [2.45, 2.75) is 32.2 Å². The van der Waals surface area contributed by atoms with Crippen molar-refractivity contribution >= 4 is 5.78 Å². The second-order valence-corrected chi connectivity index (χ2v) is 3.33. The van der Waals surface area contributed by atoms with Crippen LogP contribution in [0.3, 0.4) is 0 Å². The van der Waals surface area contributed by atoms with Gasteiger partial charge in [-0.3, -0.25) is 4.79 Å². The van der Waals surface area contributed by atoms with Crippen LogP contribution < -0.4 is 5.73 Å². The number of hydrogen-bond donors (Lipinski definition) is 2. The molecule has 0 fully saturated rings. The van der Waals surface area contributed by atoms with Crippen LogP contribution in [-0.4, -0.2) is 16.9 Å². The van der Waals surface area contributed by atoms with Gasteiger partial charge in [-0.15, -0.1) is 0 Å². The number of carbonyl (C=O) groups is 1. The van der Waals surface area contributed by atoms with E-state index in [0.717, 1.165) is 18.4 Å². The van der Waals surface area contributed by atoms with Crippen LogP contribution in [-0.2, 0) is 4.79 Å². The Hall–Kier alpha value is -1.09. The lowest BCUT2D eigenvalue weighted by Gasteiger charge is -2.16. The SMILES string of the molecule is CCC[C@@H](N)C1=CC(O)=CC(=O)C1. The van der Waals surface area contributed by atoms with Gasteiger partial charge in [0.1, 0.15) is 5.76 Å². The van der Waals surface area contributed by atoms with Crippen molar-refractivity contribution in [3.05, 3.63) is 23.5 Å². The fourth-order valence-corrected chi connectivity index (χ4v) is 1.43. The van der Waals surface area contributed by atoms with Gasteiger partial charge in [-0.25, -0.2) is 0 Å². The predicted octanol–water partition coefficient (Wildman–Crippen LogP) is 1.45. The van der Waals surface area contributed by atoms with E-state index in [4.69, 9.17) is 5.73 Å². The highest BCUT2D eigenvalue weighted by Crippen LogP contribution is 2.17. The first-order valence-electron chi connectivity index (χ1n) is 4.53. The quantitative estimate of drug-likeness (QED) is 0.692. The van der Waals surface area contributed by atoms with Crippen molar-refractivity contribution in [3.8, 4) is 0 Å². The highest BCUT2D eigenvalue weighted by atomic mass is 16.3. The van der Waals surface area contributed by atoms with Gasteiger partial charge in [0.05, 0.1) is 0 Å². The molecule has 0 saturated carbocycles. The maximum Gasteiger partial charge on any atom is 0.163 e. The fraction of sp³-hybridized carbons (Fsp3) is 0.500. The lowest BCUT2D eigenvalue weighted by atomic mass is 9.94. The lowest BCUT2D eigenvalue weighted by Crippen LogP contribution is -2.25. The summed E-state index contributed by atoms with van der Waals surface area (Å²) in [5.74, 6) is -0.0423. The average molecular weight is 181 g/mol. The molecule has 13 heavy (non-hydrogen) atoms. The Kier molecular flexibility index (Phi) is 3.25. The summed E-state index contributed by atoms with van der Waals surface area (Å²) in [6, 6.07) is -0.0928. The van der Waals surface area contributed by atoms with Crippen LogP contribution in [0.15, 0.2) is 23.5 Å². The summed E-state index contributed by atoms with van der Waals surface area (Å²) >= 11 is 0. The molecule has 0 radical (unpaired) electrons. The summed E-state index contributed by atoms with van der Waals surface area (Å²) < 4.78 is 0. The molecule has 3 N–H and O–H groups in total. The molecule has 72 valence electrons. The number of hydrogen-bond acceptors (Lipinski definition) is 3. The van der Waals surface area contributed by atoms with E-state index in [1.807, 2.05) is 6.92 Å². The Morgan fingerprint density at radius 2 is 2.31 bits per heavy atom. The Bertz CT molecular complexity index is 266. The lowest BCUT2D eigenvalue weighted by molar-refractivity contribution is -0.114. The number of rotatable bonds is 3. The normalized spacial score (nSPS) is 19.4. The van der Waals surface area contributed by atoms with E-state index >= 15 is 0 Å². The van der Waals surface area contributed by atoms with Gasteiger partial charge >= 0.3 is 0 Å². The van der Waals surface area contributed by atoms with Crippen LogP contribution in [0.25, 0.3) is 0 Å². The predicted molar refractivity (Wildman–Crippen MR) is 51.3 cm³/mol. The van der Waals surface area contributed by atoms with Gasteiger partial charge in [-0.1, -0.05) is 13.3 Å². The maximum atomic E-state index is 11.1. The molecule has 3 nitrogen and oxygen atoms in total. The van der Waals surface area contributed by atoms with Gasteiger partial charge in [0, 0.05) is 18.5 Å². The summed E-state index contributed by atoms with van der Waals surface area (Å²) in [6.07, 6.45) is 5.03. The summed E-state index contributed by atoms with van der Waals surface area (Å²) in [4.78, 5) is 11.1. The van der Waals surface area contributed by atoms with Crippen molar-refractivity contribution < 1.29 is 9.90 Å². The molecule has 3 heteroatoms. The van der Waals surface area contributed by atoms with Gasteiger partial charge in [0.15, 0.2) is 5.78 Å². The van der Waals surface area contributed by atoms with Crippen LogP contribution >= 0.6 is 0 Å². The van der Waals surface area contributed by atoms with E-state index < -0.39 is 0 Å². The molecule has 0 aromatic heterocycles. The first-order valence-corrected chi connectivity index (χ1v) is 4.53. The van der Waals surface area contributed by atoms with Crippen LogP contribution in [0.5, 0.6) is 0 Å². The van der Waals surface area contributed by atoms with Crippen LogP contribution in [0.2, 0.25) is 0 Å². The Morgan fingerprint density at radius 1 is 1.62 bits per heavy atom. The van der Waals surface area contributed by atoms with E-state index in [2.05, 4.69) is 0 Å². The summed E-state index contributed by atoms with van der Waals surface area (Å²) in [5, 5.41) is 9.18. The molecule has 0 aromatic carbocycles. The molecule has 0 heterocycles. The standard InChI is InChI=1S/C10H15NO2/c1-2-3-10(11)7-4-8(12)6-9(13)5-7/h4,6,10,12H,2-3,5,11H2,1H3/t10-/m1/s1. The van der Waals surface area contributed by atoms with Crippen molar-refractivity contribution in [2.75, 3.05) is 0 Å². The zero-order valence-corrected chi connectivity index (χ0v) is 7.79. The average Bonchev–Trinajstić information content (AvgIpc) is 2.03. The number of nitrogens with two attached hydrogens (primary N) is 1. The third kappa shape index (κ3) is 2.70. The van der Waals surface area contributed by atoms with Crippen LogP contribution in [0.4, 0.5) is 0 Å². The van der Waals surface area contributed by atoms with Crippen LogP contribution in [0.1, 0.15) is 26.2 Å². The number of ketones is 1. The highest BCUT2D eigenvalue weighted by molar-refractivity contribution is 5.93. The zero-order chi connectivity index (χ0) is 9.84. The van der Waals surface area contributed by atoms with Crippen LogP contribution in [0, 0.1) is 0 Å². The second kappa shape index (κ2) is 4.23. The highest BCUT2D eigenvalue weighted by Gasteiger charge is 2.16. The molecule has 0 spiro atoms. The molecule has 1 rings (SSSR count). The first kappa shape index (κ1) is 9.99. The van der Waals surface area contributed by atoms with Gasteiger partial charge < -0.3 is 10.8 Å². The monoisotopic (exact) mass is 181 g/mol. The van der Waals surface area contributed by atoms with Gasteiger partial charge in [-0.05, 0) is 18.1 Å². The fourth-order valence-electron chi connectivity index (χ4n) is 1.43. The number of allylic oxidation sites excluding steroid dienone is 2. The minimum atomic E-state index is -0.0928. The summed E-state index contributed by atoms with van der Waals surface area (Å²) in [6.45, 7) is 2.04. The summed E-state index contributed by atoms with van der Waals surface area (Å²) in [5.41, 5.74) is 6.66. The van der Waals surface area contributed by atoms with Crippen molar-refractivity contribution in [2.24, 2.45) is 5.73 Å². The minimum absolute atomic E-state index is 0.0257. The van der Waals surface area contributed by atoms with E-state index in [-0.39, 0.29) is 17.6 Å². The van der Waals surface area contributed by atoms with E-state index in [0.29, 0.717) is 6.42 Å². The zero-order valence-electron chi connectivity index (χ0n) is 7.79. The molecule has 1 aliphatic rings. The molecule has 1 aliphatic carbocycles. The van der Waals surface area contributed by atoms with E-state index in [9.17, 15) is 9.90 Å². The maximum absolute atomic E-state index is 11.1. The molecule has 0 aliphatic heterocycles. The van der Waals surface area contributed by atoms with Gasteiger partial charge in [0.25, 0.3) is 0 Å². The molecule has 1 atom stereocenters. The van der Waals surface area contributed by atoms with Gasteiger partial charge in [-0.2, -0.15) is 0 Å². The summed E-state index contributed by atoms with van der Waals surface area (Å²) in [7, 11) is 0. The Morgan fingerprint density at radius 3 is 2.85 bits per heavy atom. The van der Waals surface area contributed by atoms with Crippen molar-refractivity contribution in [1.82, 2.24) is 0 Å². The molecular weight excluding hydrogens is 166 g/mol. The first-order chi connectivity index (χ1) is 6.13. The molecule has 0 unspecified atom stereocenters. The number of aliphatic hydroxyl groups excluding tert-OH is 1.